The molecule has 0 saturated heterocycles. The fourth-order valence-corrected chi connectivity index (χ4v) is 4.00. The third-order valence-corrected chi connectivity index (χ3v) is 5.26. The molecule has 0 bridgehead atoms. The van der Waals surface area contributed by atoms with Crippen LogP contribution < -0.4 is 5.73 Å². The maximum absolute atomic E-state index is 6.22. The molecule has 2 nitrogen and oxygen atoms in total. The minimum Gasteiger partial charge on any atom is -0.329 e. The van der Waals surface area contributed by atoms with Crippen molar-refractivity contribution in [3.8, 4) is 0 Å². The van der Waals surface area contributed by atoms with Gasteiger partial charge in [0.15, 0.2) is 0 Å². The van der Waals surface area contributed by atoms with Crippen LogP contribution in [0.15, 0.2) is 0 Å². The van der Waals surface area contributed by atoms with Crippen LogP contribution in [-0.4, -0.2) is 30.1 Å². The van der Waals surface area contributed by atoms with Gasteiger partial charge in [0, 0.05) is 25.2 Å². The van der Waals surface area contributed by atoms with E-state index in [-0.39, 0.29) is 0 Å². The SMILES string of the molecule is CCC(CC)N(CC(C)C)C(CN)C1CCC(C)CC1. The highest BCUT2D eigenvalue weighted by atomic mass is 15.2. The minimum atomic E-state index is 0.606. The molecule has 0 aromatic heterocycles. The van der Waals surface area contributed by atoms with Crippen molar-refractivity contribution in [3.05, 3.63) is 0 Å². The summed E-state index contributed by atoms with van der Waals surface area (Å²) >= 11 is 0. The summed E-state index contributed by atoms with van der Waals surface area (Å²) in [4.78, 5) is 2.77. The van der Waals surface area contributed by atoms with Crippen LogP contribution in [0.5, 0.6) is 0 Å². The summed E-state index contributed by atoms with van der Waals surface area (Å²) in [6, 6.07) is 1.32. The lowest BCUT2D eigenvalue weighted by atomic mass is 9.78. The van der Waals surface area contributed by atoms with Crippen LogP contribution in [0.4, 0.5) is 0 Å². The molecule has 0 spiro atoms. The van der Waals surface area contributed by atoms with Gasteiger partial charge in [0.2, 0.25) is 0 Å². The second-order valence-corrected chi connectivity index (χ2v) is 7.38. The highest BCUT2D eigenvalue weighted by Crippen LogP contribution is 2.33. The van der Waals surface area contributed by atoms with Gasteiger partial charge in [-0.25, -0.2) is 0 Å². The highest BCUT2D eigenvalue weighted by Gasteiger charge is 2.32. The predicted molar refractivity (Wildman–Crippen MR) is 89.9 cm³/mol. The van der Waals surface area contributed by atoms with Crippen molar-refractivity contribution in [3.63, 3.8) is 0 Å². The standard InChI is InChI=1S/C18H38N2/c1-6-17(7-2)20(13-14(3)4)18(12-19)16-10-8-15(5)9-11-16/h14-18H,6-13,19H2,1-5H3. The normalized spacial score (nSPS) is 25.6. The zero-order chi connectivity index (χ0) is 15.1. The first-order valence-corrected chi connectivity index (χ1v) is 8.99. The summed E-state index contributed by atoms with van der Waals surface area (Å²) in [5.41, 5.74) is 6.22. The van der Waals surface area contributed by atoms with Gasteiger partial charge in [-0.1, -0.05) is 47.5 Å². The first kappa shape index (κ1) is 18.0. The molecule has 20 heavy (non-hydrogen) atoms. The molecule has 1 rings (SSSR count). The molecule has 0 aliphatic heterocycles. The molecule has 0 heterocycles. The molecule has 0 radical (unpaired) electrons. The Labute approximate surface area is 127 Å². The molecule has 2 heteroatoms. The fourth-order valence-electron chi connectivity index (χ4n) is 4.00. The summed E-state index contributed by atoms with van der Waals surface area (Å²) in [7, 11) is 0. The first-order chi connectivity index (χ1) is 9.53. The van der Waals surface area contributed by atoms with Gasteiger partial charge in [-0.2, -0.15) is 0 Å². The molecule has 1 aliphatic rings. The molecule has 1 fully saturated rings. The van der Waals surface area contributed by atoms with E-state index in [9.17, 15) is 0 Å². The van der Waals surface area contributed by atoms with E-state index in [1.807, 2.05) is 0 Å². The Morgan fingerprint density at radius 3 is 2.00 bits per heavy atom. The summed E-state index contributed by atoms with van der Waals surface area (Å²) < 4.78 is 0. The van der Waals surface area contributed by atoms with Crippen molar-refractivity contribution in [1.82, 2.24) is 4.90 Å². The largest absolute Gasteiger partial charge is 0.329 e. The summed E-state index contributed by atoms with van der Waals surface area (Å²) in [6.45, 7) is 13.8. The monoisotopic (exact) mass is 282 g/mol. The average Bonchev–Trinajstić information content (AvgIpc) is 2.42. The number of nitrogens with two attached hydrogens (primary N) is 1. The maximum atomic E-state index is 6.22. The van der Waals surface area contributed by atoms with E-state index in [4.69, 9.17) is 5.73 Å². The third-order valence-electron chi connectivity index (χ3n) is 5.26. The second-order valence-electron chi connectivity index (χ2n) is 7.38. The van der Waals surface area contributed by atoms with Crippen LogP contribution in [0, 0.1) is 17.8 Å². The predicted octanol–water partition coefficient (Wildman–Crippen LogP) is 4.29. The van der Waals surface area contributed by atoms with E-state index in [1.54, 1.807) is 0 Å². The fraction of sp³-hybridized carbons (Fsp3) is 1.00. The van der Waals surface area contributed by atoms with E-state index in [2.05, 4.69) is 39.5 Å². The number of hydrogen-bond acceptors (Lipinski definition) is 2. The molecule has 1 unspecified atom stereocenters. The molecular formula is C18H38N2. The lowest BCUT2D eigenvalue weighted by Gasteiger charge is -2.44. The van der Waals surface area contributed by atoms with Gasteiger partial charge in [-0.05, 0) is 43.4 Å². The van der Waals surface area contributed by atoms with Gasteiger partial charge in [-0.3, -0.25) is 4.90 Å². The van der Waals surface area contributed by atoms with Gasteiger partial charge in [0.05, 0.1) is 0 Å². The van der Waals surface area contributed by atoms with Crippen molar-refractivity contribution in [2.75, 3.05) is 13.1 Å². The van der Waals surface area contributed by atoms with Crippen molar-refractivity contribution >= 4 is 0 Å². The Balaban J connectivity index is 2.78. The van der Waals surface area contributed by atoms with E-state index < -0.39 is 0 Å². The highest BCUT2D eigenvalue weighted by molar-refractivity contribution is 4.87. The Morgan fingerprint density at radius 2 is 1.60 bits per heavy atom. The quantitative estimate of drug-likeness (QED) is 0.719. The smallest absolute Gasteiger partial charge is 0.0249 e. The Hall–Kier alpha value is -0.0800. The zero-order valence-electron chi connectivity index (χ0n) is 14.6. The molecule has 120 valence electrons. The number of nitrogens with zero attached hydrogens (tertiary/aromatic N) is 1. The summed E-state index contributed by atoms with van der Waals surface area (Å²) in [5, 5.41) is 0. The van der Waals surface area contributed by atoms with Gasteiger partial charge in [-0.15, -0.1) is 0 Å². The molecule has 1 atom stereocenters. The van der Waals surface area contributed by atoms with Crippen molar-refractivity contribution in [2.45, 2.75) is 85.2 Å². The molecule has 1 saturated carbocycles. The molecule has 1 aliphatic carbocycles. The zero-order valence-corrected chi connectivity index (χ0v) is 14.6. The van der Waals surface area contributed by atoms with E-state index in [0.717, 1.165) is 24.3 Å². The van der Waals surface area contributed by atoms with Gasteiger partial charge in [0.1, 0.15) is 0 Å². The van der Waals surface area contributed by atoms with E-state index >= 15 is 0 Å². The first-order valence-electron chi connectivity index (χ1n) is 8.99. The van der Waals surface area contributed by atoms with Gasteiger partial charge >= 0.3 is 0 Å². The lowest BCUT2D eigenvalue weighted by Crippen LogP contribution is -2.52. The maximum Gasteiger partial charge on any atom is 0.0249 e. The van der Waals surface area contributed by atoms with Crippen molar-refractivity contribution in [1.29, 1.82) is 0 Å². The van der Waals surface area contributed by atoms with Crippen molar-refractivity contribution < 1.29 is 0 Å². The molecular weight excluding hydrogens is 244 g/mol. The minimum absolute atomic E-state index is 0.606. The van der Waals surface area contributed by atoms with E-state index in [0.29, 0.717) is 12.1 Å². The average molecular weight is 283 g/mol. The van der Waals surface area contributed by atoms with E-state index in [1.165, 1.54) is 45.1 Å². The molecule has 0 aromatic carbocycles. The topological polar surface area (TPSA) is 29.3 Å². The Morgan fingerprint density at radius 1 is 1.05 bits per heavy atom. The molecule has 0 aromatic rings. The molecule has 0 amide bonds. The second kappa shape index (κ2) is 9.04. The molecule has 2 N–H and O–H groups in total. The summed E-state index contributed by atoms with van der Waals surface area (Å²) in [5.74, 6) is 2.49. The van der Waals surface area contributed by atoms with Gasteiger partial charge in [0.25, 0.3) is 0 Å². The summed E-state index contributed by atoms with van der Waals surface area (Å²) in [6.07, 6.45) is 8.08. The number of rotatable bonds is 8. The Kier molecular flexibility index (Phi) is 8.13. The van der Waals surface area contributed by atoms with Crippen LogP contribution in [0.2, 0.25) is 0 Å². The lowest BCUT2D eigenvalue weighted by molar-refractivity contribution is 0.0577. The number of hydrogen-bond donors (Lipinski definition) is 1. The van der Waals surface area contributed by atoms with Crippen LogP contribution in [-0.2, 0) is 0 Å². The third kappa shape index (κ3) is 5.04. The van der Waals surface area contributed by atoms with Gasteiger partial charge < -0.3 is 5.73 Å². The van der Waals surface area contributed by atoms with Crippen LogP contribution in [0.25, 0.3) is 0 Å². The van der Waals surface area contributed by atoms with Crippen LogP contribution in [0.1, 0.15) is 73.1 Å². The Bertz CT molecular complexity index is 240. The van der Waals surface area contributed by atoms with Crippen LogP contribution >= 0.6 is 0 Å². The van der Waals surface area contributed by atoms with Crippen LogP contribution in [0.3, 0.4) is 0 Å². The van der Waals surface area contributed by atoms with Crippen molar-refractivity contribution in [2.24, 2.45) is 23.5 Å².